The number of anilines is 2. The number of hydrogen-bond acceptors (Lipinski definition) is 10. The summed E-state index contributed by atoms with van der Waals surface area (Å²) in [4.78, 5) is 19.1. The lowest BCUT2D eigenvalue weighted by atomic mass is 9.53. The maximum atomic E-state index is 5.75. The van der Waals surface area contributed by atoms with Gasteiger partial charge in [0.05, 0.1) is 11.4 Å². The van der Waals surface area contributed by atoms with Gasteiger partial charge in [0, 0.05) is 56.4 Å². The zero-order chi connectivity index (χ0) is 24.8. The van der Waals surface area contributed by atoms with E-state index in [1.54, 1.807) is 23.5 Å². The zero-order valence-corrected chi connectivity index (χ0v) is 22.1. The smallest absolute Gasteiger partial charge is 0.223 e. The molecule has 1 saturated carbocycles. The van der Waals surface area contributed by atoms with E-state index in [4.69, 9.17) is 21.4 Å². The van der Waals surface area contributed by atoms with Crippen molar-refractivity contribution in [1.82, 2.24) is 19.9 Å². The van der Waals surface area contributed by atoms with E-state index in [2.05, 4.69) is 70.0 Å². The molecule has 10 heteroatoms. The van der Waals surface area contributed by atoms with Crippen LogP contribution in [0.25, 0.3) is 0 Å². The molecular formula is C25H34N8S2. The minimum absolute atomic E-state index is 0.239. The van der Waals surface area contributed by atoms with Crippen molar-refractivity contribution in [2.45, 2.75) is 34.7 Å². The van der Waals surface area contributed by atoms with Crippen molar-refractivity contribution in [1.29, 1.82) is 0 Å². The van der Waals surface area contributed by atoms with Crippen LogP contribution in [0.4, 0.5) is 11.9 Å². The number of nitrogens with two attached hydrogens (primary N) is 2. The Bertz CT molecular complexity index is 1050. The molecule has 0 aliphatic heterocycles. The zero-order valence-electron chi connectivity index (χ0n) is 20.4. The Kier molecular flexibility index (Phi) is 8.83. The molecule has 0 bridgehead atoms. The molecule has 1 fully saturated rings. The van der Waals surface area contributed by atoms with Gasteiger partial charge in [-0.05, 0) is 23.6 Å². The van der Waals surface area contributed by atoms with Crippen LogP contribution < -0.4 is 22.1 Å². The summed E-state index contributed by atoms with van der Waals surface area (Å²) >= 11 is 3.34. The van der Waals surface area contributed by atoms with Crippen LogP contribution in [-0.2, 0) is 0 Å². The Labute approximate surface area is 215 Å². The fourth-order valence-electron chi connectivity index (χ4n) is 4.88. The molecule has 186 valence electrons. The highest BCUT2D eigenvalue weighted by atomic mass is 32.2. The van der Waals surface area contributed by atoms with Crippen LogP contribution in [0.3, 0.4) is 0 Å². The van der Waals surface area contributed by atoms with Gasteiger partial charge < -0.3 is 22.1 Å². The van der Waals surface area contributed by atoms with Gasteiger partial charge in [0.25, 0.3) is 0 Å². The van der Waals surface area contributed by atoms with Crippen LogP contribution in [0.5, 0.6) is 0 Å². The number of nitrogens with zero attached hydrogens (tertiary/aromatic N) is 4. The van der Waals surface area contributed by atoms with Gasteiger partial charge in [-0.2, -0.15) is 0 Å². The van der Waals surface area contributed by atoms with E-state index >= 15 is 0 Å². The first-order valence-corrected chi connectivity index (χ1v) is 13.9. The highest BCUT2D eigenvalue weighted by molar-refractivity contribution is 7.99. The van der Waals surface area contributed by atoms with E-state index < -0.39 is 0 Å². The normalized spacial score (nSPS) is 21.4. The number of aromatic nitrogens is 4. The van der Waals surface area contributed by atoms with Crippen LogP contribution >= 0.6 is 23.5 Å². The Morgan fingerprint density at radius 2 is 1.23 bits per heavy atom. The summed E-state index contributed by atoms with van der Waals surface area (Å²) in [5, 5.41) is 8.17. The van der Waals surface area contributed by atoms with Crippen molar-refractivity contribution in [2.75, 3.05) is 49.3 Å². The van der Waals surface area contributed by atoms with Crippen LogP contribution in [0, 0.1) is 5.92 Å². The highest BCUT2D eigenvalue weighted by Crippen LogP contribution is 2.61. The summed E-state index contributed by atoms with van der Waals surface area (Å²) in [5.41, 5.74) is 14.9. The molecule has 6 N–H and O–H groups in total. The predicted octanol–water partition coefficient (Wildman–Crippen LogP) is 3.75. The fourth-order valence-corrected chi connectivity index (χ4v) is 6.24. The number of nitrogens with one attached hydrogen (secondary N) is 2. The Hall–Kier alpha value is -2.40. The quantitative estimate of drug-likeness (QED) is 0.224. The second-order valence-electron chi connectivity index (χ2n) is 8.53. The average Bonchev–Trinajstić information content (AvgIpc) is 2.89. The second-order valence-corrected chi connectivity index (χ2v) is 10.8. The standard InChI is InChI=1S/C25H34N8S2/c1-15-21(17-13-19(34-11-9-26)32-24(28-2)30-17)23(16-7-5-4-6-8-16)22(15)18-14-20(35-12-10-27)33-25(29-3)31-18/h4-8,13-15,21-23H,9-12,26-27H2,1-3H3,(H,28,30,32)(H,29,31,33). The molecule has 0 saturated heterocycles. The van der Waals surface area contributed by atoms with Crippen molar-refractivity contribution in [3.05, 3.63) is 59.4 Å². The van der Waals surface area contributed by atoms with Gasteiger partial charge in [-0.15, -0.1) is 23.5 Å². The van der Waals surface area contributed by atoms with Crippen molar-refractivity contribution in [2.24, 2.45) is 17.4 Å². The average molecular weight is 511 g/mol. The molecule has 4 rings (SSSR count). The minimum Gasteiger partial charge on any atom is -0.357 e. The number of thioether (sulfide) groups is 2. The fraction of sp³-hybridized carbons (Fsp3) is 0.440. The Morgan fingerprint density at radius 1 is 0.743 bits per heavy atom. The minimum atomic E-state index is 0.239. The van der Waals surface area contributed by atoms with Crippen molar-refractivity contribution in [3.8, 4) is 0 Å². The van der Waals surface area contributed by atoms with E-state index in [9.17, 15) is 0 Å². The molecule has 0 spiro atoms. The molecule has 1 aromatic carbocycles. The molecule has 0 amide bonds. The van der Waals surface area contributed by atoms with Crippen LogP contribution in [0.2, 0.25) is 0 Å². The Balaban J connectivity index is 1.75. The molecule has 2 heterocycles. The van der Waals surface area contributed by atoms with E-state index in [0.29, 0.717) is 30.9 Å². The van der Waals surface area contributed by atoms with Crippen molar-refractivity contribution >= 4 is 35.4 Å². The van der Waals surface area contributed by atoms with E-state index in [1.165, 1.54) is 5.56 Å². The molecule has 0 radical (unpaired) electrons. The lowest BCUT2D eigenvalue weighted by molar-refractivity contribution is 0.166. The van der Waals surface area contributed by atoms with Gasteiger partial charge >= 0.3 is 0 Å². The third-order valence-electron chi connectivity index (χ3n) is 6.40. The maximum Gasteiger partial charge on any atom is 0.223 e. The lowest BCUT2D eigenvalue weighted by Gasteiger charge is -2.50. The predicted molar refractivity (Wildman–Crippen MR) is 147 cm³/mol. The largest absolute Gasteiger partial charge is 0.357 e. The summed E-state index contributed by atoms with van der Waals surface area (Å²) < 4.78 is 0. The number of hydrogen-bond donors (Lipinski definition) is 4. The first-order valence-electron chi connectivity index (χ1n) is 11.9. The molecule has 2 aromatic heterocycles. The molecule has 8 nitrogen and oxygen atoms in total. The summed E-state index contributed by atoms with van der Waals surface area (Å²) in [5.74, 6) is 3.98. The van der Waals surface area contributed by atoms with Gasteiger partial charge in [0.2, 0.25) is 11.9 Å². The van der Waals surface area contributed by atoms with Gasteiger partial charge in [0.1, 0.15) is 10.1 Å². The molecule has 1 aliphatic rings. The van der Waals surface area contributed by atoms with Crippen LogP contribution in [0.1, 0.15) is 41.6 Å². The number of benzene rings is 1. The van der Waals surface area contributed by atoms with Gasteiger partial charge in [-0.25, -0.2) is 19.9 Å². The van der Waals surface area contributed by atoms with E-state index in [-0.39, 0.29) is 17.8 Å². The van der Waals surface area contributed by atoms with Gasteiger partial charge in [-0.3, -0.25) is 0 Å². The molecule has 1 aliphatic carbocycles. The van der Waals surface area contributed by atoms with Crippen molar-refractivity contribution in [3.63, 3.8) is 0 Å². The number of rotatable bonds is 11. The summed E-state index contributed by atoms with van der Waals surface area (Å²) in [6.07, 6.45) is 0. The van der Waals surface area contributed by atoms with E-state index in [0.717, 1.165) is 32.9 Å². The molecule has 2 unspecified atom stereocenters. The molecule has 3 aromatic rings. The first kappa shape index (κ1) is 25.7. The topological polar surface area (TPSA) is 128 Å². The maximum absolute atomic E-state index is 5.75. The Morgan fingerprint density at radius 3 is 1.66 bits per heavy atom. The summed E-state index contributed by atoms with van der Waals surface area (Å²) in [6.45, 7) is 3.52. The molecular weight excluding hydrogens is 476 g/mol. The SMILES string of the molecule is CNc1nc(SCCN)cc(C2C(C)C(c3cc(SCCN)nc(NC)n3)C2c2ccccc2)n1. The first-order chi connectivity index (χ1) is 17.1. The lowest BCUT2D eigenvalue weighted by Crippen LogP contribution is -2.41. The monoisotopic (exact) mass is 510 g/mol. The van der Waals surface area contributed by atoms with Crippen molar-refractivity contribution < 1.29 is 0 Å². The third kappa shape index (κ3) is 5.72. The highest BCUT2D eigenvalue weighted by Gasteiger charge is 2.51. The molecule has 2 atom stereocenters. The van der Waals surface area contributed by atoms with Crippen LogP contribution in [0.15, 0.2) is 52.5 Å². The second kappa shape index (κ2) is 12.0. The van der Waals surface area contributed by atoms with Gasteiger partial charge in [0.15, 0.2) is 0 Å². The van der Waals surface area contributed by atoms with Crippen LogP contribution in [-0.4, -0.2) is 58.6 Å². The van der Waals surface area contributed by atoms with E-state index in [1.807, 2.05) is 14.1 Å². The third-order valence-corrected chi connectivity index (χ3v) is 8.29. The summed E-state index contributed by atoms with van der Waals surface area (Å²) in [7, 11) is 3.72. The van der Waals surface area contributed by atoms with Gasteiger partial charge in [-0.1, -0.05) is 37.3 Å². The summed E-state index contributed by atoms with van der Waals surface area (Å²) in [6, 6.07) is 15.0. The molecule has 35 heavy (non-hydrogen) atoms.